The van der Waals surface area contributed by atoms with Crippen LogP contribution in [0, 0.1) is 6.92 Å². The van der Waals surface area contributed by atoms with Crippen molar-refractivity contribution in [2.75, 3.05) is 6.54 Å². The summed E-state index contributed by atoms with van der Waals surface area (Å²) < 4.78 is 1.70. The number of likely N-dealkylation sites (tertiary alicyclic amines) is 1. The van der Waals surface area contributed by atoms with Crippen molar-refractivity contribution >= 4 is 16.9 Å². The van der Waals surface area contributed by atoms with E-state index in [4.69, 9.17) is 0 Å². The average Bonchev–Trinajstić information content (AvgIpc) is 2.55. The molecule has 1 fully saturated rings. The van der Waals surface area contributed by atoms with Gasteiger partial charge in [-0.1, -0.05) is 0 Å². The number of fused-ring (bicyclic) bond motifs is 1. The molecule has 0 spiro atoms. The quantitative estimate of drug-likeness (QED) is 0.856. The third-order valence-corrected chi connectivity index (χ3v) is 4.74. The number of hydrogen-bond acceptors (Lipinski definition) is 3. The topological polar surface area (TPSA) is 55.2 Å². The molecule has 0 bridgehead atoms. The van der Waals surface area contributed by atoms with Crippen molar-refractivity contribution in [3.8, 4) is 0 Å². The molecule has 3 rings (SSSR count). The first kappa shape index (κ1) is 15.7. The molecule has 1 aromatic heterocycles. The number of piperidine rings is 1. The molecule has 0 saturated carbocycles. The first-order valence-electron chi connectivity index (χ1n) is 8.35. The number of rotatable bonds is 2. The second-order valence-corrected chi connectivity index (χ2v) is 6.29. The van der Waals surface area contributed by atoms with Crippen LogP contribution in [0.15, 0.2) is 23.0 Å². The second-order valence-electron chi connectivity index (χ2n) is 6.29. The first-order chi connectivity index (χ1) is 11.0. The number of nitrogens with zero attached hydrogens (tertiary/aromatic N) is 3. The Morgan fingerprint density at radius 2 is 2.13 bits per heavy atom. The number of carbonyl (C=O) groups is 1. The van der Waals surface area contributed by atoms with Crippen LogP contribution in [0.2, 0.25) is 0 Å². The van der Waals surface area contributed by atoms with Crippen LogP contribution >= 0.6 is 0 Å². The van der Waals surface area contributed by atoms with Crippen molar-refractivity contribution in [2.45, 2.75) is 52.6 Å². The molecule has 1 aliphatic heterocycles. The molecule has 1 atom stereocenters. The SMILES string of the molecule is CCn1c(=O)c(C)nc2cc(C(=O)N3CCCC[C@H]3C)ccc21. The first-order valence-corrected chi connectivity index (χ1v) is 8.35. The summed E-state index contributed by atoms with van der Waals surface area (Å²) in [5, 5.41) is 0. The molecule has 122 valence electrons. The largest absolute Gasteiger partial charge is 0.336 e. The van der Waals surface area contributed by atoms with Gasteiger partial charge in [0.1, 0.15) is 5.69 Å². The van der Waals surface area contributed by atoms with Crippen LogP contribution in [0.3, 0.4) is 0 Å². The Morgan fingerprint density at radius 3 is 2.83 bits per heavy atom. The van der Waals surface area contributed by atoms with E-state index in [1.807, 2.05) is 30.0 Å². The van der Waals surface area contributed by atoms with Crippen LogP contribution in [0.5, 0.6) is 0 Å². The number of aromatic nitrogens is 2. The monoisotopic (exact) mass is 313 g/mol. The average molecular weight is 313 g/mol. The number of amides is 1. The minimum Gasteiger partial charge on any atom is -0.336 e. The fourth-order valence-electron chi connectivity index (χ4n) is 3.39. The highest BCUT2D eigenvalue weighted by Gasteiger charge is 2.24. The molecule has 0 radical (unpaired) electrons. The molecule has 2 heterocycles. The Kier molecular flexibility index (Phi) is 4.20. The molecular formula is C18H23N3O2. The Hall–Kier alpha value is -2.17. The van der Waals surface area contributed by atoms with Crippen LogP contribution in [0.25, 0.3) is 11.0 Å². The summed E-state index contributed by atoms with van der Waals surface area (Å²) in [6.07, 6.45) is 3.31. The lowest BCUT2D eigenvalue weighted by Crippen LogP contribution is -2.42. The van der Waals surface area contributed by atoms with Crippen LogP contribution < -0.4 is 5.56 Å². The lowest BCUT2D eigenvalue weighted by Gasteiger charge is -2.33. The molecule has 0 aliphatic carbocycles. The van der Waals surface area contributed by atoms with Gasteiger partial charge in [-0.3, -0.25) is 9.59 Å². The summed E-state index contributed by atoms with van der Waals surface area (Å²) in [5.41, 5.74) is 2.55. The van der Waals surface area contributed by atoms with Crippen LogP contribution in [0.4, 0.5) is 0 Å². The summed E-state index contributed by atoms with van der Waals surface area (Å²) >= 11 is 0. The number of benzene rings is 1. The van der Waals surface area contributed by atoms with Gasteiger partial charge in [-0.05, 0) is 58.2 Å². The molecular weight excluding hydrogens is 290 g/mol. The van der Waals surface area contributed by atoms with Crippen LogP contribution in [0.1, 0.15) is 49.2 Å². The Bertz CT molecular complexity index is 810. The maximum atomic E-state index is 12.8. The number of aryl methyl sites for hydroxylation is 2. The molecule has 23 heavy (non-hydrogen) atoms. The molecule has 5 heteroatoms. The van der Waals surface area contributed by atoms with Crippen molar-refractivity contribution in [3.05, 3.63) is 39.8 Å². The van der Waals surface area contributed by atoms with E-state index in [0.29, 0.717) is 23.3 Å². The van der Waals surface area contributed by atoms with E-state index < -0.39 is 0 Å². The van der Waals surface area contributed by atoms with Gasteiger partial charge in [-0.15, -0.1) is 0 Å². The number of carbonyl (C=O) groups excluding carboxylic acids is 1. The standard InChI is InChI=1S/C18H23N3O2/c1-4-20-16-9-8-14(11-15(16)19-13(3)17(20)22)18(23)21-10-6-5-7-12(21)2/h8-9,11-12H,4-7,10H2,1-3H3/t12-/m1/s1. The van der Waals surface area contributed by atoms with E-state index >= 15 is 0 Å². The van der Waals surface area contributed by atoms with Gasteiger partial charge in [0.05, 0.1) is 11.0 Å². The number of hydrogen-bond donors (Lipinski definition) is 0. The lowest BCUT2D eigenvalue weighted by molar-refractivity contribution is 0.0636. The zero-order valence-corrected chi connectivity index (χ0v) is 14.0. The normalized spacial score (nSPS) is 18.4. The van der Waals surface area contributed by atoms with Gasteiger partial charge < -0.3 is 9.47 Å². The Labute approximate surface area is 135 Å². The molecule has 1 saturated heterocycles. The fourth-order valence-corrected chi connectivity index (χ4v) is 3.39. The highest BCUT2D eigenvalue weighted by molar-refractivity contribution is 5.97. The second kappa shape index (κ2) is 6.14. The summed E-state index contributed by atoms with van der Waals surface area (Å²) in [7, 11) is 0. The third-order valence-electron chi connectivity index (χ3n) is 4.74. The summed E-state index contributed by atoms with van der Waals surface area (Å²) in [5.74, 6) is 0.0628. The van der Waals surface area contributed by atoms with E-state index in [0.717, 1.165) is 24.9 Å². The Morgan fingerprint density at radius 1 is 1.35 bits per heavy atom. The molecule has 5 nitrogen and oxygen atoms in total. The van der Waals surface area contributed by atoms with Gasteiger partial charge in [0.15, 0.2) is 0 Å². The molecule has 0 N–H and O–H groups in total. The van der Waals surface area contributed by atoms with Gasteiger partial charge in [0.2, 0.25) is 0 Å². The molecule has 2 aromatic rings. The van der Waals surface area contributed by atoms with Crippen molar-refractivity contribution in [3.63, 3.8) is 0 Å². The predicted molar refractivity (Wildman–Crippen MR) is 90.8 cm³/mol. The Balaban J connectivity index is 2.05. The van der Waals surface area contributed by atoms with E-state index in [1.54, 1.807) is 11.5 Å². The molecule has 1 aliphatic rings. The molecule has 1 amide bonds. The fraction of sp³-hybridized carbons (Fsp3) is 0.500. The van der Waals surface area contributed by atoms with Crippen LogP contribution in [-0.4, -0.2) is 32.9 Å². The zero-order chi connectivity index (χ0) is 16.6. The maximum absolute atomic E-state index is 12.8. The van der Waals surface area contributed by atoms with Gasteiger partial charge in [-0.2, -0.15) is 0 Å². The van der Waals surface area contributed by atoms with Gasteiger partial charge in [-0.25, -0.2) is 4.98 Å². The minimum atomic E-state index is -0.0660. The van der Waals surface area contributed by atoms with Gasteiger partial charge >= 0.3 is 0 Å². The van der Waals surface area contributed by atoms with Crippen molar-refractivity contribution in [1.29, 1.82) is 0 Å². The summed E-state index contributed by atoms with van der Waals surface area (Å²) in [4.78, 5) is 31.3. The maximum Gasteiger partial charge on any atom is 0.272 e. The highest BCUT2D eigenvalue weighted by atomic mass is 16.2. The van der Waals surface area contributed by atoms with Crippen molar-refractivity contribution in [1.82, 2.24) is 14.5 Å². The predicted octanol–water partition coefficient (Wildman–Crippen LogP) is 2.74. The molecule has 0 unspecified atom stereocenters. The lowest BCUT2D eigenvalue weighted by atomic mass is 10.0. The third kappa shape index (κ3) is 2.76. The van der Waals surface area contributed by atoms with Gasteiger partial charge in [0.25, 0.3) is 11.5 Å². The van der Waals surface area contributed by atoms with E-state index in [-0.39, 0.29) is 17.5 Å². The van der Waals surface area contributed by atoms with E-state index in [1.165, 1.54) is 6.42 Å². The summed E-state index contributed by atoms with van der Waals surface area (Å²) in [6.45, 7) is 7.17. The van der Waals surface area contributed by atoms with E-state index in [9.17, 15) is 9.59 Å². The van der Waals surface area contributed by atoms with Gasteiger partial charge in [0, 0.05) is 24.7 Å². The minimum absolute atomic E-state index is 0.0628. The van der Waals surface area contributed by atoms with Crippen molar-refractivity contribution < 1.29 is 4.79 Å². The van der Waals surface area contributed by atoms with E-state index in [2.05, 4.69) is 11.9 Å². The smallest absolute Gasteiger partial charge is 0.272 e. The van der Waals surface area contributed by atoms with Crippen LogP contribution in [-0.2, 0) is 6.54 Å². The zero-order valence-electron chi connectivity index (χ0n) is 14.0. The molecule has 1 aromatic carbocycles. The highest BCUT2D eigenvalue weighted by Crippen LogP contribution is 2.21. The van der Waals surface area contributed by atoms with Crippen molar-refractivity contribution in [2.24, 2.45) is 0 Å². The summed E-state index contributed by atoms with van der Waals surface area (Å²) in [6, 6.07) is 5.76.